The van der Waals surface area contributed by atoms with Gasteiger partial charge in [0.25, 0.3) is 5.56 Å². The molecular formula is C19H30N6O3. The predicted octanol–water partition coefficient (Wildman–Crippen LogP) is 1.67. The summed E-state index contributed by atoms with van der Waals surface area (Å²) in [5, 5.41) is 8.45. The van der Waals surface area contributed by atoms with Crippen LogP contribution in [0, 0.1) is 0 Å². The molecule has 3 rings (SSSR count). The first-order valence-electron chi connectivity index (χ1n) is 9.89. The Balaban J connectivity index is 1.70. The number of rotatable bonds is 8. The van der Waals surface area contributed by atoms with Gasteiger partial charge in [0.15, 0.2) is 5.82 Å². The molecule has 9 heteroatoms. The molecule has 0 saturated carbocycles. The Kier molecular flexibility index (Phi) is 6.79. The van der Waals surface area contributed by atoms with Gasteiger partial charge in [-0.2, -0.15) is 10.1 Å². The molecule has 2 aromatic heterocycles. The number of aromatic nitrogens is 4. The second kappa shape index (κ2) is 9.29. The van der Waals surface area contributed by atoms with E-state index in [1.54, 1.807) is 24.1 Å². The summed E-state index contributed by atoms with van der Waals surface area (Å²) in [5.41, 5.74) is 0.726. The molecule has 1 fully saturated rings. The maximum atomic E-state index is 12.7. The van der Waals surface area contributed by atoms with Crippen LogP contribution in [0.1, 0.15) is 50.5 Å². The maximum Gasteiger partial charge on any atom is 0.269 e. The number of nitrogens with zero attached hydrogens (tertiary/aromatic N) is 6. The lowest BCUT2D eigenvalue weighted by Crippen LogP contribution is -2.42. The van der Waals surface area contributed by atoms with Crippen molar-refractivity contribution < 1.29 is 9.26 Å². The molecule has 2 atom stereocenters. The zero-order valence-electron chi connectivity index (χ0n) is 17.2. The molecule has 1 aliphatic heterocycles. The molecule has 0 unspecified atom stereocenters. The summed E-state index contributed by atoms with van der Waals surface area (Å²) in [4.78, 5) is 21.4. The van der Waals surface area contributed by atoms with Gasteiger partial charge < -0.3 is 14.2 Å². The number of hydrogen-bond acceptors (Lipinski definition) is 8. The van der Waals surface area contributed by atoms with E-state index < -0.39 is 0 Å². The molecular weight excluding hydrogens is 360 g/mol. The molecule has 0 spiro atoms. The van der Waals surface area contributed by atoms with Gasteiger partial charge in [0.05, 0.1) is 30.6 Å². The summed E-state index contributed by atoms with van der Waals surface area (Å²) in [6, 6.07) is 1.71. The van der Waals surface area contributed by atoms with E-state index in [4.69, 9.17) is 9.26 Å². The van der Waals surface area contributed by atoms with Crippen molar-refractivity contribution >= 4 is 5.69 Å². The van der Waals surface area contributed by atoms with Crippen LogP contribution in [0.15, 0.2) is 21.6 Å². The van der Waals surface area contributed by atoms with Crippen LogP contribution in [0.25, 0.3) is 0 Å². The molecule has 0 aliphatic carbocycles. The molecule has 0 amide bonds. The van der Waals surface area contributed by atoms with Crippen molar-refractivity contribution in [3.63, 3.8) is 0 Å². The maximum absolute atomic E-state index is 12.7. The van der Waals surface area contributed by atoms with Crippen molar-refractivity contribution in [2.24, 2.45) is 0 Å². The lowest BCUT2D eigenvalue weighted by Gasteiger charge is -2.35. The van der Waals surface area contributed by atoms with Crippen molar-refractivity contribution in [2.75, 3.05) is 45.3 Å². The van der Waals surface area contributed by atoms with Crippen molar-refractivity contribution in [1.29, 1.82) is 0 Å². The lowest BCUT2D eigenvalue weighted by molar-refractivity contribution is 0.108. The molecule has 2 aromatic rings. The highest BCUT2D eigenvalue weighted by atomic mass is 16.5. The lowest BCUT2D eigenvalue weighted by atomic mass is 10.0. The summed E-state index contributed by atoms with van der Waals surface area (Å²) in [6.45, 7) is 7.06. The highest BCUT2D eigenvalue weighted by Crippen LogP contribution is 2.27. The van der Waals surface area contributed by atoms with Gasteiger partial charge in [-0.05, 0) is 26.3 Å². The second-order valence-electron chi connectivity index (χ2n) is 7.28. The monoisotopic (exact) mass is 390 g/mol. The second-order valence-corrected chi connectivity index (χ2v) is 7.28. The third-order valence-corrected chi connectivity index (χ3v) is 5.36. The fraction of sp³-hybridized carbons (Fsp3) is 0.684. The van der Waals surface area contributed by atoms with E-state index in [0.29, 0.717) is 19.0 Å². The van der Waals surface area contributed by atoms with E-state index in [1.165, 1.54) is 0 Å². The van der Waals surface area contributed by atoms with Crippen LogP contribution in [-0.2, 0) is 11.2 Å². The fourth-order valence-electron chi connectivity index (χ4n) is 3.52. The molecule has 154 valence electrons. The number of ether oxygens (including phenoxy) is 1. The zero-order valence-corrected chi connectivity index (χ0v) is 17.2. The van der Waals surface area contributed by atoms with Crippen LogP contribution >= 0.6 is 0 Å². The number of piperidine rings is 1. The number of hydrogen-bond donors (Lipinski definition) is 0. The molecule has 0 radical (unpaired) electrons. The summed E-state index contributed by atoms with van der Waals surface area (Å²) >= 11 is 0. The first kappa shape index (κ1) is 20.5. The van der Waals surface area contributed by atoms with Crippen LogP contribution < -0.4 is 10.5 Å². The molecule has 0 aromatic carbocycles. The average molecular weight is 390 g/mol. The van der Waals surface area contributed by atoms with Crippen LogP contribution in [0.4, 0.5) is 5.69 Å². The Morgan fingerprint density at radius 2 is 2.29 bits per heavy atom. The first-order chi connectivity index (χ1) is 13.5. The van der Waals surface area contributed by atoms with E-state index in [0.717, 1.165) is 43.9 Å². The van der Waals surface area contributed by atoms with Crippen molar-refractivity contribution in [3.05, 3.63) is 34.3 Å². The topological polar surface area (TPSA) is 89.5 Å². The van der Waals surface area contributed by atoms with Gasteiger partial charge in [-0.3, -0.25) is 9.69 Å². The molecule has 0 bridgehead atoms. The van der Waals surface area contributed by atoms with Gasteiger partial charge in [0.1, 0.15) is 0 Å². The number of anilines is 1. The molecule has 28 heavy (non-hydrogen) atoms. The fourth-order valence-corrected chi connectivity index (χ4v) is 3.52. The van der Waals surface area contributed by atoms with E-state index >= 15 is 0 Å². The van der Waals surface area contributed by atoms with Crippen molar-refractivity contribution in [3.8, 4) is 0 Å². The van der Waals surface area contributed by atoms with E-state index in [2.05, 4.69) is 27.1 Å². The largest absolute Gasteiger partial charge is 0.383 e. The highest BCUT2D eigenvalue weighted by molar-refractivity contribution is 5.41. The van der Waals surface area contributed by atoms with Crippen LogP contribution in [0.5, 0.6) is 0 Å². The van der Waals surface area contributed by atoms with E-state index in [1.807, 2.05) is 18.9 Å². The summed E-state index contributed by atoms with van der Waals surface area (Å²) in [6.07, 6.45) is 4.43. The predicted molar refractivity (Wildman–Crippen MR) is 106 cm³/mol. The quantitative estimate of drug-likeness (QED) is 0.672. The standard InChI is InChI=1S/C19H30N6O3/c1-5-17-21-19(28-22-17)14(2)24-8-6-7-15(13-24)25-18(26)11-16(12-20-25)23(3)9-10-27-4/h11-12,14-15H,5-10,13H2,1-4H3/t14-,15-/m1/s1. The Hall–Kier alpha value is -2.26. The van der Waals surface area contributed by atoms with Gasteiger partial charge in [-0.15, -0.1) is 0 Å². The average Bonchev–Trinajstić information content (AvgIpc) is 3.20. The molecule has 0 N–H and O–H groups in total. The Morgan fingerprint density at radius 3 is 2.96 bits per heavy atom. The van der Waals surface area contributed by atoms with Crippen molar-refractivity contribution in [1.82, 2.24) is 24.8 Å². The SMILES string of the molecule is CCc1noc([C@@H](C)N2CCC[C@@H](n3ncc(N(C)CCOC)cc3=O)C2)n1. The Morgan fingerprint density at radius 1 is 1.46 bits per heavy atom. The molecule has 9 nitrogen and oxygen atoms in total. The summed E-state index contributed by atoms with van der Waals surface area (Å²) in [5.74, 6) is 1.36. The Bertz CT molecular complexity index is 820. The van der Waals surface area contributed by atoms with Gasteiger partial charge >= 0.3 is 0 Å². The van der Waals surface area contributed by atoms with Gasteiger partial charge in [-0.25, -0.2) is 4.68 Å². The van der Waals surface area contributed by atoms with E-state index in [9.17, 15) is 4.79 Å². The van der Waals surface area contributed by atoms with Crippen LogP contribution in [0.2, 0.25) is 0 Å². The number of likely N-dealkylation sites (tertiary alicyclic amines) is 1. The molecule has 3 heterocycles. The molecule has 1 saturated heterocycles. The van der Waals surface area contributed by atoms with Gasteiger partial charge in [0, 0.05) is 39.7 Å². The highest BCUT2D eigenvalue weighted by Gasteiger charge is 2.29. The van der Waals surface area contributed by atoms with Crippen LogP contribution in [0.3, 0.4) is 0 Å². The number of methoxy groups -OCH3 is 1. The minimum absolute atomic E-state index is 0.0192. The smallest absolute Gasteiger partial charge is 0.269 e. The normalized spacial score (nSPS) is 18.9. The number of likely N-dealkylation sites (N-methyl/N-ethyl adjacent to an activating group) is 1. The van der Waals surface area contributed by atoms with Gasteiger partial charge in [-0.1, -0.05) is 12.1 Å². The van der Waals surface area contributed by atoms with Crippen LogP contribution in [-0.4, -0.2) is 65.2 Å². The minimum atomic E-state index is -0.0765. The summed E-state index contributed by atoms with van der Waals surface area (Å²) < 4.78 is 12.1. The molecule has 1 aliphatic rings. The third-order valence-electron chi connectivity index (χ3n) is 5.36. The van der Waals surface area contributed by atoms with Crippen molar-refractivity contribution in [2.45, 2.75) is 45.2 Å². The van der Waals surface area contributed by atoms with Gasteiger partial charge in [0.2, 0.25) is 5.89 Å². The number of aryl methyl sites for hydroxylation is 1. The first-order valence-corrected chi connectivity index (χ1v) is 9.89. The summed E-state index contributed by atoms with van der Waals surface area (Å²) in [7, 11) is 3.59. The third kappa shape index (κ3) is 4.59. The Labute approximate surface area is 165 Å². The zero-order chi connectivity index (χ0) is 20.1. The minimum Gasteiger partial charge on any atom is -0.383 e. The van der Waals surface area contributed by atoms with E-state index in [-0.39, 0.29) is 17.6 Å².